The summed E-state index contributed by atoms with van der Waals surface area (Å²) in [5.41, 5.74) is -0.415. The predicted molar refractivity (Wildman–Crippen MR) is 57.1 cm³/mol. The monoisotopic (exact) mass is 263 g/mol. The van der Waals surface area contributed by atoms with Gasteiger partial charge in [0.1, 0.15) is 5.69 Å². The maximum Gasteiger partial charge on any atom is 0.389 e. The number of carbonyl (C=O) groups excluding carboxylic acids is 1. The molecule has 0 fully saturated rings. The van der Waals surface area contributed by atoms with Crippen molar-refractivity contribution in [2.75, 3.05) is 6.54 Å². The molecule has 0 aliphatic heterocycles. The van der Waals surface area contributed by atoms with E-state index in [0.29, 0.717) is 0 Å². The first-order valence-electron chi connectivity index (χ1n) is 5.29. The van der Waals surface area contributed by atoms with Gasteiger partial charge in [0.15, 0.2) is 0 Å². The SMILES string of the molecule is O=C(NCCCCC(F)(F)F)c1ccc(=O)[nH]n1. The average molecular weight is 263 g/mol. The molecule has 18 heavy (non-hydrogen) atoms. The van der Waals surface area contributed by atoms with Crippen molar-refractivity contribution in [3.63, 3.8) is 0 Å². The van der Waals surface area contributed by atoms with Crippen LogP contribution in [0.4, 0.5) is 13.2 Å². The van der Waals surface area contributed by atoms with E-state index in [1.54, 1.807) is 0 Å². The van der Waals surface area contributed by atoms with E-state index in [4.69, 9.17) is 0 Å². The molecule has 1 heterocycles. The van der Waals surface area contributed by atoms with Crippen LogP contribution in [0.25, 0.3) is 0 Å². The zero-order valence-electron chi connectivity index (χ0n) is 9.38. The van der Waals surface area contributed by atoms with Crippen molar-refractivity contribution in [3.8, 4) is 0 Å². The molecule has 1 amide bonds. The van der Waals surface area contributed by atoms with Crippen LogP contribution in [0.2, 0.25) is 0 Å². The lowest BCUT2D eigenvalue weighted by atomic mass is 10.2. The van der Waals surface area contributed by atoms with Gasteiger partial charge in [-0.25, -0.2) is 5.10 Å². The summed E-state index contributed by atoms with van der Waals surface area (Å²) >= 11 is 0. The summed E-state index contributed by atoms with van der Waals surface area (Å²) in [6.45, 7) is 0.135. The highest BCUT2D eigenvalue weighted by Gasteiger charge is 2.25. The van der Waals surface area contributed by atoms with Crippen molar-refractivity contribution >= 4 is 5.91 Å². The van der Waals surface area contributed by atoms with Crippen LogP contribution >= 0.6 is 0 Å². The fraction of sp³-hybridized carbons (Fsp3) is 0.500. The Kier molecular flexibility index (Phi) is 4.87. The molecule has 1 aromatic heterocycles. The predicted octanol–water partition coefficient (Wildman–Crippen LogP) is 1.23. The molecule has 0 aliphatic carbocycles. The van der Waals surface area contributed by atoms with Gasteiger partial charge in [-0.05, 0) is 18.9 Å². The van der Waals surface area contributed by atoms with Crippen LogP contribution in [-0.4, -0.2) is 28.8 Å². The molecule has 0 aromatic carbocycles. The number of amides is 1. The quantitative estimate of drug-likeness (QED) is 0.785. The molecular formula is C10H12F3N3O2. The van der Waals surface area contributed by atoms with Crippen LogP contribution < -0.4 is 10.9 Å². The van der Waals surface area contributed by atoms with Crippen LogP contribution in [0.1, 0.15) is 29.8 Å². The van der Waals surface area contributed by atoms with E-state index in [-0.39, 0.29) is 25.1 Å². The summed E-state index contributed by atoms with van der Waals surface area (Å²) in [7, 11) is 0. The highest BCUT2D eigenvalue weighted by Crippen LogP contribution is 2.21. The molecule has 1 aromatic rings. The summed E-state index contributed by atoms with van der Waals surface area (Å²) in [6.07, 6.45) is -4.83. The zero-order valence-corrected chi connectivity index (χ0v) is 9.38. The molecule has 0 radical (unpaired) electrons. The topological polar surface area (TPSA) is 74.8 Å². The second-order valence-corrected chi connectivity index (χ2v) is 3.63. The first kappa shape index (κ1) is 14.2. The van der Waals surface area contributed by atoms with Gasteiger partial charge >= 0.3 is 6.18 Å². The number of halogens is 3. The Balaban J connectivity index is 2.26. The number of nitrogens with zero attached hydrogens (tertiary/aromatic N) is 1. The van der Waals surface area contributed by atoms with E-state index in [1.807, 2.05) is 0 Å². The number of unbranched alkanes of at least 4 members (excludes halogenated alkanes) is 1. The Morgan fingerprint density at radius 1 is 1.33 bits per heavy atom. The Morgan fingerprint density at radius 2 is 2.06 bits per heavy atom. The highest BCUT2D eigenvalue weighted by molar-refractivity contribution is 5.91. The van der Waals surface area contributed by atoms with Crippen LogP contribution in [-0.2, 0) is 0 Å². The molecule has 0 saturated carbocycles. The maximum absolute atomic E-state index is 11.8. The minimum absolute atomic E-state index is 0.0189. The van der Waals surface area contributed by atoms with Crippen LogP contribution in [0, 0.1) is 0 Å². The Labute approximate surface area is 100 Å². The van der Waals surface area contributed by atoms with Crippen molar-refractivity contribution in [2.45, 2.75) is 25.4 Å². The number of nitrogens with one attached hydrogen (secondary N) is 2. The zero-order chi connectivity index (χ0) is 13.6. The van der Waals surface area contributed by atoms with E-state index in [1.165, 1.54) is 6.07 Å². The number of alkyl halides is 3. The second-order valence-electron chi connectivity index (χ2n) is 3.63. The Bertz CT molecular complexity index is 436. The number of hydrogen-bond acceptors (Lipinski definition) is 3. The summed E-state index contributed by atoms with van der Waals surface area (Å²) in [5.74, 6) is -0.529. The lowest BCUT2D eigenvalue weighted by Crippen LogP contribution is -2.26. The van der Waals surface area contributed by atoms with Crippen molar-refractivity contribution in [2.24, 2.45) is 0 Å². The van der Waals surface area contributed by atoms with Gasteiger partial charge in [-0.3, -0.25) is 9.59 Å². The van der Waals surface area contributed by atoms with Gasteiger partial charge in [0.2, 0.25) is 0 Å². The number of aromatic nitrogens is 2. The van der Waals surface area contributed by atoms with Gasteiger partial charge in [0.05, 0.1) is 0 Å². The molecular weight excluding hydrogens is 251 g/mol. The molecule has 0 saturated heterocycles. The van der Waals surface area contributed by atoms with Gasteiger partial charge in [0.25, 0.3) is 11.5 Å². The van der Waals surface area contributed by atoms with E-state index in [0.717, 1.165) is 6.07 Å². The highest BCUT2D eigenvalue weighted by atomic mass is 19.4. The van der Waals surface area contributed by atoms with E-state index in [9.17, 15) is 22.8 Å². The number of aromatic amines is 1. The summed E-state index contributed by atoms with van der Waals surface area (Å²) in [4.78, 5) is 22.1. The third-order valence-corrected chi connectivity index (χ3v) is 2.08. The summed E-state index contributed by atoms with van der Waals surface area (Å²) in [6, 6.07) is 2.38. The number of H-pyrrole nitrogens is 1. The van der Waals surface area contributed by atoms with Gasteiger partial charge in [0, 0.05) is 19.0 Å². The molecule has 0 aliphatic rings. The largest absolute Gasteiger partial charge is 0.389 e. The summed E-state index contributed by atoms with van der Waals surface area (Å²) in [5, 5.41) is 7.99. The molecule has 0 atom stereocenters. The van der Waals surface area contributed by atoms with Gasteiger partial charge in [-0.2, -0.15) is 18.3 Å². The number of rotatable bonds is 5. The molecule has 8 heteroatoms. The molecule has 0 unspecified atom stereocenters. The number of carbonyl (C=O) groups is 1. The smallest absolute Gasteiger partial charge is 0.351 e. The standard InChI is InChI=1S/C10H12F3N3O2/c11-10(12,13)5-1-2-6-14-9(18)7-3-4-8(17)16-15-7/h3-4H,1-2,5-6H2,(H,14,18)(H,16,17). The van der Waals surface area contributed by atoms with Gasteiger partial charge < -0.3 is 5.32 Å². The van der Waals surface area contributed by atoms with Crippen LogP contribution in [0.3, 0.4) is 0 Å². The first-order chi connectivity index (χ1) is 8.38. The third-order valence-electron chi connectivity index (χ3n) is 2.08. The van der Waals surface area contributed by atoms with E-state index in [2.05, 4.69) is 15.5 Å². The van der Waals surface area contributed by atoms with Crippen molar-refractivity contribution in [3.05, 3.63) is 28.2 Å². The summed E-state index contributed by atoms with van der Waals surface area (Å²) < 4.78 is 35.4. The lowest BCUT2D eigenvalue weighted by molar-refractivity contribution is -0.135. The van der Waals surface area contributed by atoms with Crippen molar-refractivity contribution in [1.29, 1.82) is 0 Å². The molecule has 2 N–H and O–H groups in total. The first-order valence-corrected chi connectivity index (χ1v) is 5.29. The minimum atomic E-state index is -4.16. The van der Waals surface area contributed by atoms with Crippen LogP contribution in [0.15, 0.2) is 16.9 Å². The third kappa shape index (κ3) is 5.46. The second kappa shape index (κ2) is 6.18. The molecule has 1 rings (SSSR count). The molecule has 5 nitrogen and oxygen atoms in total. The minimum Gasteiger partial charge on any atom is -0.351 e. The van der Waals surface area contributed by atoms with Crippen LogP contribution in [0.5, 0.6) is 0 Å². The van der Waals surface area contributed by atoms with Crippen molar-refractivity contribution < 1.29 is 18.0 Å². The molecule has 0 spiro atoms. The number of hydrogen-bond donors (Lipinski definition) is 2. The van der Waals surface area contributed by atoms with Gasteiger partial charge in [-0.15, -0.1) is 0 Å². The van der Waals surface area contributed by atoms with E-state index < -0.39 is 24.1 Å². The maximum atomic E-state index is 11.8. The fourth-order valence-corrected chi connectivity index (χ4v) is 1.21. The Morgan fingerprint density at radius 3 is 2.61 bits per heavy atom. The molecule has 0 bridgehead atoms. The van der Waals surface area contributed by atoms with Crippen molar-refractivity contribution in [1.82, 2.24) is 15.5 Å². The van der Waals surface area contributed by atoms with Gasteiger partial charge in [-0.1, -0.05) is 0 Å². The molecule has 100 valence electrons. The Hall–Kier alpha value is -1.86. The lowest BCUT2D eigenvalue weighted by Gasteiger charge is -2.06. The fourth-order valence-electron chi connectivity index (χ4n) is 1.21. The average Bonchev–Trinajstić information content (AvgIpc) is 2.27. The normalized spacial score (nSPS) is 11.3. The van der Waals surface area contributed by atoms with E-state index >= 15 is 0 Å².